The zero-order chi connectivity index (χ0) is 10.1. The van der Waals surface area contributed by atoms with Crippen LogP contribution in [-0.4, -0.2) is 50.5 Å². The summed E-state index contributed by atoms with van der Waals surface area (Å²) in [5.41, 5.74) is 0. The second kappa shape index (κ2) is 6.52. The van der Waals surface area contributed by atoms with Crippen molar-refractivity contribution in [2.75, 3.05) is 25.9 Å². The van der Waals surface area contributed by atoms with Crippen LogP contribution >= 0.6 is 24.8 Å². The van der Waals surface area contributed by atoms with Gasteiger partial charge in [-0.3, -0.25) is 4.79 Å². The van der Waals surface area contributed by atoms with Gasteiger partial charge in [-0.15, -0.1) is 24.8 Å². The molecule has 0 aromatic rings. The number of hydrogen-bond donors (Lipinski definition) is 1. The number of piperazine rings is 1. The first-order valence-corrected chi connectivity index (χ1v) is 6.07. The molecule has 1 aliphatic rings. The molecule has 0 radical (unpaired) electrons. The number of carbonyl (C=O) groups excluding carboxylic acids is 1. The molecule has 0 aromatic carbocycles. The number of nitrogens with zero attached hydrogens (tertiary/aromatic N) is 1. The van der Waals surface area contributed by atoms with Gasteiger partial charge in [0.15, 0.2) is 9.84 Å². The Morgan fingerprint density at radius 2 is 1.93 bits per heavy atom. The van der Waals surface area contributed by atoms with Crippen molar-refractivity contribution in [1.29, 1.82) is 0 Å². The summed E-state index contributed by atoms with van der Waals surface area (Å²) in [5.74, 6) is -0.149. The molecule has 1 fully saturated rings. The van der Waals surface area contributed by atoms with Crippen molar-refractivity contribution < 1.29 is 13.2 Å². The summed E-state index contributed by atoms with van der Waals surface area (Å²) in [6.07, 6.45) is 1.15. The van der Waals surface area contributed by atoms with E-state index >= 15 is 0 Å². The summed E-state index contributed by atoms with van der Waals surface area (Å²) < 4.78 is 22.3. The minimum atomic E-state index is -3.16. The van der Waals surface area contributed by atoms with Crippen LogP contribution in [0.2, 0.25) is 0 Å². The predicted molar refractivity (Wildman–Crippen MR) is 63.4 cm³/mol. The van der Waals surface area contributed by atoms with E-state index in [4.69, 9.17) is 0 Å². The van der Waals surface area contributed by atoms with E-state index in [1.54, 1.807) is 6.92 Å². The first kappa shape index (κ1) is 17.4. The van der Waals surface area contributed by atoms with Gasteiger partial charge in [0.2, 0.25) is 5.91 Å². The number of hydrogen-bond acceptors (Lipinski definition) is 4. The van der Waals surface area contributed by atoms with Crippen LogP contribution in [0, 0.1) is 0 Å². The summed E-state index contributed by atoms with van der Waals surface area (Å²) in [4.78, 5) is 12.7. The molecule has 1 saturated heterocycles. The van der Waals surface area contributed by atoms with Gasteiger partial charge in [-0.05, 0) is 6.92 Å². The average Bonchev–Trinajstić information content (AvgIpc) is 2.02. The average molecular weight is 279 g/mol. The lowest BCUT2D eigenvalue weighted by atomic mass is 10.3. The molecule has 0 bridgehead atoms. The fourth-order valence-corrected chi connectivity index (χ4v) is 1.92. The normalized spacial score (nSPS) is 18.8. The second-order valence-corrected chi connectivity index (χ2v) is 5.53. The summed E-state index contributed by atoms with van der Waals surface area (Å²) >= 11 is 0. The van der Waals surface area contributed by atoms with Gasteiger partial charge in [-0.2, -0.15) is 0 Å². The number of rotatable bonds is 2. The van der Waals surface area contributed by atoms with E-state index in [9.17, 15) is 13.2 Å². The lowest BCUT2D eigenvalue weighted by molar-refractivity contribution is -0.132. The molecule has 1 heterocycles. The highest BCUT2D eigenvalue weighted by Crippen LogP contribution is 2.07. The maximum Gasteiger partial charge on any atom is 0.237 e. The van der Waals surface area contributed by atoms with Crippen molar-refractivity contribution in [2.45, 2.75) is 12.3 Å². The van der Waals surface area contributed by atoms with Gasteiger partial charge in [0.05, 0.1) is 6.54 Å². The van der Waals surface area contributed by atoms with Crippen molar-refractivity contribution in [1.82, 2.24) is 10.2 Å². The van der Waals surface area contributed by atoms with Crippen LogP contribution in [-0.2, 0) is 14.6 Å². The van der Waals surface area contributed by atoms with E-state index in [2.05, 4.69) is 5.32 Å². The van der Waals surface area contributed by atoms with Crippen LogP contribution < -0.4 is 5.32 Å². The van der Waals surface area contributed by atoms with Crippen molar-refractivity contribution in [3.05, 3.63) is 0 Å². The Morgan fingerprint density at radius 1 is 1.40 bits per heavy atom. The Bertz CT molecular complexity index is 307. The van der Waals surface area contributed by atoms with Crippen molar-refractivity contribution in [3.63, 3.8) is 0 Å². The van der Waals surface area contributed by atoms with Crippen LogP contribution in [0.3, 0.4) is 0 Å². The fraction of sp³-hybridized carbons (Fsp3) is 0.857. The molecule has 1 unspecified atom stereocenters. The quantitative estimate of drug-likeness (QED) is 0.750. The third-order valence-corrected chi connectivity index (χ3v) is 3.68. The van der Waals surface area contributed by atoms with E-state index in [1.165, 1.54) is 4.90 Å². The third-order valence-electron chi connectivity index (χ3n) is 2.18. The standard InChI is InChI=1S/C7H14N2O3S.2ClH/c1-6(13(2,11)12)9-4-3-8-5-7(9)10;;/h6,8H,3-5H2,1-2H3;2*1H. The number of carbonyl (C=O) groups is 1. The van der Waals surface area contributed by atoms with Gasteiger partial charge in [0.25, 0.3) is 0 Å². The SMILES string of the molecule is CC(N1CCNCC1=O)S(C)(=O)=O.Cl.Cl. The van der Waals surface area contributed by atoms with Crippen molar-refractivity contribution >= 4 is 40.6 Å². The van der Waals surface area contributed by atoms with Crippen LogP contribution in [0.15, 0.2) is 0 Å². The van der Waals surface area contributed by atoms with E-state index in [-0.39, 0.29) is 37.3 Å². The lowest BCUT2D eigenvalue weighted by Gasteiger charge is -2.31. The molecular weight excluding hydrogens is 263 g/mol. The Morgan fingerprint density at radius 3 is 2.33 bits per heavy atom. The number of sulfone groups is 1. The van der Waals surface area contributed by atoms with Crippen LogP contribution in [0.1, 0.15) is 6.92 Å². The monoisotopic (exact) mass is 278 g/mol. The molecule has 5 nitrogen and oxygen atoms in total. The van der Waals surface area contributed by atoms with Gasteiger partial charge < -0.3 is 10.2 Å². The topological polar surface area (TPSA) is 66.5 Å². The second-order valence-electron chi connectivity index (χ2n) is 3.19. The van der Waals surface area contributed by atoms with Gasteiger partial charge in [-0.25, -0.2) is 8.42 Å². The lowest BCUT2D eigenvalue weighted by Crippen LogP contribution is -2.53. The molecule has 0 aromatic heterocycles. The zero-order valence-corrected chi connectivity index (χ0v) is 11.0. The Kier molecular flexibility index (Phi) is 7.55. The van der Waals surface area contributed by atoms with Gasteiger partial charge >= 0.3 is 0 Å². The van der Waals surface area contributed by atoms with Crippen LogP contribution in [0.25, 0.3) is 0 Å². The summed E-state index contributed by atoms with van der Waals surface area (Å²) in [7, 11) is -3.16. The van der Waals surface area contributed by atoms with Gasteiger partial charge in [-0.1, -0.05) is 0 Å². The van der Waals surface area contributed by atoms with E-state index in [0.717, 1.165) is 6.26 Å². The smallest absolute Gasteiger partial charge is 0.237 e. The maximum atomic E-state index is 11.3. The third kappa shape index (κ3) is 4.55. The molecule has 1 N–H and O–H groups in total. The molecule has 8 heteroatoms. The van der Waals surface area contributed by atoms with Crippen LogP contribution in [0.5, 0.6) is 0 Å². The molecule has 1 amide bonds. The number of amides is 1. The first-order valence-electron chi connectivity index (χ1n) is 4.12. The summed E-state index contributed by atoms with van der Waals surface area (Å²) in [6.45, 7) is 2.90. The Balaban J connectivity index is 0. The first-order chi connectivity index (χ1) is 5.93. The molecule has 0 aliphatic carbocycles. The summed E-state index contributed by atoms with van der Waals surface area (Å²) in [5, 5.41) is 2.18. The van der Waals surface area contributed by atoms with E-state index in [0.29, 0.717) is 13.1 Å². The molecule has 1 rings (SSSR count). The largest absolute Gasteiger partial charge is 0.323 e. The predicted octanol–water partition coefficient (Wildman–Crippen LogP) is -0.348. The van der Waals surface area contributed by atoms with Gasteiger partial charge in [0.1, 0.15) is 5.37 Å². The van der Waals surface area contributed by atoms with Crippen molar-refractivity contribution in [2.24, 2.45) is 0 Å². The molecular formula is C7H16Cl2N2O3S. The molecule has 15 heavy (non-hydrogen) atoms. The summed E-state index contributed by atoms with van der Waals surface area (Å²) in [6, 6.07) is 0. The molecule has 0 saturated carbocycles. The highest BCUT2D eigenvalue weighted by molar-refractivity contribution is 7.91. The highest BCUT2D eigenvalue weighted by Gasteiger charge is 2.28. The highest BCUT2D eigenvalue weighted by atomic mass is 35.5. The molecule has 92 valence electrons. The Hall–Kier alpha value is -0.0400. The van der Waals surface area contributed by atoms with Crippen molar-refractivity contribution in [3.8, 4) is 0 Å². The number of halogens is 2. The van der Waals surface area contributed by atoms with E-state index in [1.807, 2.05) is 0 Å². The maximum absolute atomic E-state index is 11.3. The number of nitrogens with one attached hydrogen (secondary N) is 1. The minimum absolute atomic E-state index is 0. The molecule has 1 atom stereocenters. The minimum Gasteiger partial charge on any atom is -0.323 e. The zero-order valence-electron chi connectivity index (χ0n) is 8.60. The fourth-order valence-electron chi connectivity index (χ4n) is 1.24. The Labute approximate surface area is 102 Å². The molecule has 1 aliphatic heterocycles. The van der Waals surface area contributed by atoms with Gasteiger partial charge in [0, 0.05) is 19.3 Å². The van der Waals surface area contributed by atoms with E-state index < -0.39 is 15.2 Å². The van der Waals surface area contributed by atoms with Crippen LogP contribution in [0.4, 0.5) is 0 Å². The molecule has 0 spiro atoms.